The normalized spacial score (nSPS) is 11.2. The Balaban J connectivity index is 2.15. The molecule has 0 saturated carbocycles. The molecule has 0 saturated heterocycles. The molecule has 3 aromatic rings. The third kappa shape index (κ3) is 2.04. The van der Waals surface area contributed by atoms with Gasteiger partial charge in [-0.1, -0.05) is 21.1 Å². The molecule has 2 aromatic heterocycles. The standard InChI is InChI=1S/C12H9BrClN3O/c13-8-1-2-10-11(5-8)17(12(6-14)16-10)7-9-3-4-15-18-9/h1-5H,6-7H2. The van der Waals surface area contributed by atoms with Crippen molar-refractivity contribution in [2.45, 2.75) is 12.4 Å². The molecule has 2 heterocycles. The first-order chi connectivity index (χ1) is 8.78. The van der Waals surface area contributed by atoms with Crippen molar-refractivity contribution in [3.63, 3.8) is 0 Å². The molecule has 0 radical (unpaired) electrons. The number of nitrogens with zero attached hydrogens (tertiary/aromatic N) is 3. The Morgan fingerprint density at radius 2 is 2.22 bits per heavy atom. The zero-order chi connectivity index (χ0) is 12.5. The maximum Gasteiger partial charge on any atom is 0.156 e. The van der Waals surface area contributed by atoms with Crippen LogP contribution in [0.4, 0.5) is 0 Å². The molecule has 0 aliphatic heterocycles. The van der Waals surface area contributed by atoms with Crippen LogP contribution in [0.2, 0.25) is 0 Å². The van der Waals surface area contributed by atoms with E-state index in [-0.39, 0.29) is 0 Å². The highest BCUT2D eigenvalue weighted by atomic mass is 79.9. The molecule has 18 heavy (non-hydrogen) atoms. The van der Waals surface area contributed by atoms with Crippen molar-refractivity contribution >= 4 is 38.6 Å². The number of imidazole rings is 1. The fourth-order valence-corrected chi connectivity index (χ4v) is 2.46. The zero-order valence-corrected chi connectivity index (χ0v) is 11.6. The van der Waals surface area contributed by atoms with E-state index in [0.29, 0.717) is 12.4 Å². The lowest BCUT2D eigenvalue weighted by Crippen LogP contribution is -2.02. The lowest BCUT2D eigenvalue weighted by Gasteiger charge is -2.04. The van der Waals surface area contributed by atoms with Gasteiger partial charge in [0, 0.05) is 10.5 Å². The van der Waals surface area contributed by atoms with Gasteiger partial charge in [0.15, 0.2) is 5.76 Å². The largest absolute Gasteiger partial charge is 0.359 e. The first-order valence-corrected chi connectivity index (χ1v) is 6.71. The number of rotatable bonds is 3. The van der Waals surface area contributed by atoms with E-state index in [4.69, 9.17) is 16.1 Å². The van der Waals surface area contributed by atoms with Crippen molar-refractivity contribution < 1.29 is 4.52 Å². The third-order valence-electron chi connectivity index (χ3n) is 2.71. The van der Waals surface area contributed by atoms with Gasteiger partial charge in [0.1, 0.15) is 5.82 Å². The van der Waals surface area contributed by atoms with E-state index in [1.165, 1.54) is 0 Å². The number of hydrogen-bond acceptors (Lipinski definition) is 3. The zero-order valence-electron chi connectivity index (χ0n) is 9.31. The second-order valence-corrected chi connectivity index (χ2v) is 5.04. The lowest BCUT2D eigenvalue weighted by atomic mass is 10.3. The van der Waals surface area contributed by atoms with Crippen LogP contribution in [0.15, 0.2) is 39.5 Å². The molecule has 1 aromatic carbocycles. The molecule has 0 amide bonds. The highest BCUT2D eigenvalue weighted by molar-refractivity contribution is 9.10. The Morgan fingerprint density at radius 1 is 1.33 bits per heavy atom. The van der Waals surface area contributed by atoms with Crippen molar-refractivity contribution in [3.05, 3.63) is 46.5 Å². The number of fused-ring (bicyclic) bond motifs is 1. The molecule has 92 valence electrons. The van der Waals surface area contributed by atoms with Gasteiger partial charge in [0.05, 0.1) is 29.7 Å². The van der Waals surface area contributed by atoms with Crippen LogP contribution in [0.5, 0.6) is 0 Å². The molecule has 3 rings (SSSR count). The van der Waals surface area contributed by atoms with Gasteiger partial charge in [-0.2, -0.15) is 0 Å². The quantitative estimate of drug-likeness (QED) is 0.691. The number of alkyl halides is 1. The molecule has 0 N–H and O–H groups in total. The highest BCUT2D eigenvalue weighted by Gasteiger charge is 2.12. The van der Waals surface area contributed by atoms with Crippen LogP contribution in [0, 0.1) is 0 Å². The van der Waals surface area contributed by atoms with Gasteiger partial charge in [-0.3, -0.25) is 0 Å². The molecular formula is C12H9BrClN3O. The average Bonchev–Trinajstić information content (AvgIpc) is 2.98. The summed E-state index contributed by atoms with van der Waals surface area (Å²) in [5.41, 5.74) is 1.95. The number of aromatic nitrogens is 3. The highest BCUT2D eigenvalue weighted by Crippen LogP contribution is 2.23. The van der Waals surface area contributed by atoms with E-state index in [9.17, 15) is 0 Å². The van der Waals surface area contributed by atoms with Crippen molar-refractivity contribution in [2.75, 3.05) is 0 Å². The van der Waals surface area contributed by atoms with Gasteiger partial charge in [0.2, 0.25) is 0 Å². The summed E-state index contributed by atoms with van der Waals surface area (Å²) in [5, 5.41) is 3.70. The maximum atomic E-state index is 5.94. The molecule has 4 nitrogen and oxygen atoms in total. The monoisotopic (exact) mass is 325 g/mol. The molecule has 0 fully saturated rings. The Labute approximate surface area is 117 Å². The van der Waals surface area contributed by atoms with E-state index in [1.54, 1.807) is 6.20 Å². The summed E-state index contributed by atoms with van der Waals surface area (Å²) in [4.78, 5) is 4.50. The fraction of sp³-hybridized carbons (Fsp3) is 0.167. The predicted octanol–water partition coefficient (Wildman–Crippen LogP) is 3.57. The molecule has 6 heteroatoms. The van der Waals surface area contributed by atoms with Gasteiger partial charge in [-0.15, -0.1) is 11.6 Å². The first kappa shape index (κ1) is 11.7. The summed E-state index contributed by atoms with van der Waals surface area (Å²) in [6.45, 7) is 0.578. The van der Waals surface area contributed by atoms with E-state index in [1.807, 2.05) is 28.8 Å². The summed E-state index contributed by atoms with van der Waals surface area (Å²) in [7, 11) is 0. The van der Waals surface area contributed by atoms with Crippen LogP contribution in [0.25, 0.3) is 11.0 Å². The Bertz CT molecular complexity index is 678. The molecule has 0 unspecified atom stereocenters. The van der Waals surface area contributed by atoms with Crippen molar-refractivity contribution in [1.29, 1.82) is 0 Å². The molecule has 0 atom stereocenters. The summed E-state index contributed by atoms with van der Waals surface area (Å²) in [6, 6.07) is 7.79. The number of halogens is 2. The molecule has 0 aliphatic rings. The summed E-state index contributed by atoms with van der Waals surface area (Å²) >= 11 is 9.41. The molecular weight excluding hydrogens is 318 g/mol. The van der Waals surface area contributed by atoms with Crippen molar-refractivity contribution in [3.8, 4) is 0 Å². The fourth-order valence-electron chi connectivity index (χ4n) is 1.90. The first-order valence-electron chi connectivity index (χ1n) is 5.38. The lowest BCUT2D eigenvalue weighted by molar-refractivity contribution is 0.376. The maximum absolute atomic E-state index is 5.94. The van der Waals surface area contributed by atoms with Crippen LogP contribution in [0.3, 0.4) is 0 Å². The summed E-state index contributed by atoms with van der Waals surface area (Å²) in [5.74, 6) is 1.96. The second-order valence-electron chi connectivity index (χ2n) is 3.86. The van der Waals surface area contributed by atoms with Gasteiger partial charge in [0.25, 0.3) is 0 Å². The van der Waals surface area contributed by atoms with Crippen LogP contribution < -0.4 is 0 Å². The van der Waals surface area contributed by atoms with Crippen LogP contribution >= 0.6 is 27.5 Å². The minimum atomic E-state index is 0.362. The minimum Gasteiger partial charge on any atom is -0.359 e. The smallest absolute Gasteiger partial charge is 0.156 e. The van der Waals surface area contributed by atoms with Gasteiger partial charge >= 0.3 is 0 Å². The van der Waals surface area contributed by atoms with Crippen LogP contribution in [-0.2, 0) is 12.4 Å². The molecule has 0 spiro atoms. The van der Waals surface area contributed by atoms with E-state index < -0.39 is 0 Å². The van der Waals surface area contributed by atoms with Gasteiger partial charge < -0.3 is 9.09 Å². The average molecular weight is 327 g/mol. The summed E-state index contributed by atoms with van der Waals surface area (Å²) in [6.07, 6.45) is 1.63. The van der Waals surface area contributed by atoms with E-state index >= 15 is 0 Å². The number of hydrogen-bond donors (Lipinski definition) is 0. The third-order valence-corrected chi connectivity index (χ3v) is 3.45. The van der Waals surface area contributed by atoms with Crippen molar-refractivity contribution in [2.24, 2.45) is 0 Å². The molecule has 0 aliphatic carbocycles. The second kappa shape index (κ2) is 4.74. The van der Waals surface area contributed by atoms with Gasteiger partial charge in [-0.25, -0.2) is 4.98 Å². The Morgan fingerprint density at radius 3 is 2.94 bits per heavy atom. The van der Waals surface area contributed by atoms with Crippen LogP contribution in [-0.4, -0.2) is 14.7 Å². The topological polar surface area (TPSA) is 43.9 Å². The predicted molar refractivity (Wildman–Crippen MR) is 72.6 cm³/mol. The van der Waals surface area contributed by atoms with E-state index in [2.05, 4.69) is 26.1 Å². The minimum absolute atomic E-state index is 0.362. The van der Waals surface area contributed by atoms with Crippen molar-refractivity contribution in [1.82, 2.24) is 14.7 Å². The van der Waals surface area contributed by atoms with Crippen LogP contribution in [0.1, 0.15) is 11.6 Å². The molecule has 0 bridgehead atoms. The van der Waals surface area contributed by atoms with Gasteiger partial charge in [-0.05, 0) is 18.2 Å². The van der Waals surface area contributed by atoms with E-state index in [0.717, 1.165) is 27.1 Å². The number of benzene rings is 1. The SMILES string of the molecule is ClCc1nc2ccc(Br)cc2n1Cc1ccno1. The Hall–Kier alpha value is -1.33. The Kier molecular flexibility index (Phi) is 3.09. The summed E-state index contributed by atoms with van der Waals surface area (Å²) < 4.78 is 8.18.